The van der Waals surface area contributed by atoms with Crippen LogP contribution in [0.5, 0.6) is 5.75 Å². The number of ether oxygens (including phenoxy) is 1. The number of hydrogen-bond donors (Lipinski definition) is 2. The quantitative estimate of drug-likeness (QED) is 0.403. The number of nitrogens with two attached hydrogens (primary N) is 1. The summed E-state index contributed by atoms with van der Waals surface area (Å²) >= 11 is 0. The van der Waals surface area contributed by atoms with Crippen LogP contribution in [-0.4, -0.2) is 18.2 Å². The number of esters is 1. The molecule has 0 aliphatic rings. The number of benzene rings is 1. The molecule has 0 amide bonds. The van der Waals surface area contributed by atoms with Crippen LogP contribution in [0.2, 0.25) is 0 Å². The maximum absolute atomic E-state index is 11.2. The minimum Gasteiger partial charge on any atom is -0.505 e. The van der Waals surface area contributed by atoms with Gasteiger partial charge in [0.1, 0.15) is 5.56 Å². The van der Waals surface area contributed by atoms with E-state index in [2.05, 4.69) is 4.74 Å². The van der Waals surface area contributed by atoms with E-state index in [0.717, 1.165) is 11.1 Å². The van der Waals surface area contributed by atoms with Crippen molar-refractivity contribution in [3.05, 3.63) is 22.8 Å². The van der Waals surface area contributed by atoms with Gasteiger partial charge in [0.05, 0.1) is 12.8 Å². The highest BCUT2D eigenvalue weighted by molar-refractivity contribution is 5.95. The smallest absolute Gasteiger partial charge is 0.341 e. The van der Waals surface area contributed by atoms with Crippen molar-refractivity contribution >= 4 is 11.7 Å². The first-order valence-electron chi connectivity index (χ1n) is 4.16. The molecule has 0 bridgehead atoms. The van der Waals surface area contributed by atoms with Crippen LogP contribution in [0.25, 0.3) is 0 Å². The minimum atomic E-state index is -0.586. The first-order valence-corrected chi connectivity index (χ1v) is 4.16. The van der Waals surface area contributed by atoms with E-state index in [-0.39, 0.29) is 17.0 Å². The lowest BCUT2D eigenvalue weighted by molar-refractivity contribution is 0.0597. The first-order chi connectivity index (χ1) is 6.49. The molecule has 3 N–H and O–H groups in total. The Balaban J connectivity index is 3.40. The van der Waals surface area contributed by atoms with Crippen LogP contribution in [0.15, 0.2) is 6.07 Å². The lowest BCUT2D eigenvalue weighted by Gasteiger charge is -2.10. The number of anilines is 1. The van der Waals surface area contributed by atoms with Gasteiger partial charge in [0.2, 0.25) is 0 Å². The van der Waals surface area contributed by atoms with Gasteiger partial charge in [-0.25, -0.2) is 4.79 Å². The predicted octanol–water partition coefficient (Wildman–Crippen LogP) is 1.38. The summed E-state index contributed by atoms with van der Waals surface area (Å²) < 4.78 is 4.51. The Hall–Kier alpha value is -1.71. The summed E-state index contributed by atoms with van der Waals surface area (Å²) in [7, 11) is 1.26. The molecule has 0 fully saturated rings. The second-order valence-corrected chi connectivity index (χ2v) is 3.12. The van der Waals surface area contributed by atoms with Gasteiger partial charge < -0.3 is 15.6 Å². The van der Waals surface area contributed by atoms with E-state index in [4.69, 9.17) is 5.73 Å². The lowest BCUT2D eigenvalue weighted by Crippen LogP contribution is -2.05. The maximum Gasteiger partial charge on any atom is 0.341 e. The minimum absolute atomic E-state index is 0.105. The summed E-state index contributed by atoms with van der Waals surface area (Å²) in [4.78, 5) is 11.2. The van der Waals surface area contributed by atoms with E-state index >= 15 is 0 Å². The maximum atomic E-state index is 11.2. The molecule has 0 spiro atoms. The Kier molecular flexibility index (Phi) is 2.65. The fourth-order valence-corrected chi connectivity index (χ4v) is 1.19. The molecular weight excluding hydrogens is 182 g/mol. The van der Waals surface area contributed by atoms with Gasteiger partial charge in [-0.3, -0.25) is 0 Å². The van der Waals surface area contributed by atoms with Crippen molar-refractivity contribution in [2.45, 2.75) is 13.8 Å². The van der Waals surface area contributed by atoms with Crippen molar-refractivity contribution in [1.82, 2.24) is 0 Å². The number of hydrogen-bond acceptors (Lipinski definition) is 4. The van der Waals surface area contributed by atoms with Crippen LogP contribution in [0.1, 0.15) is 21.5 Å². The highest BCUT2D eigenvalue weighted by Gasteiger charge is 2.16. The molecule has 1 rings (SSSR count). The van der Waals surface area contributed by atoms with Crippen molar-refractivity contribution in [2.75, 3.05) is 12.8 Å². The zero-order chi connectivity index (χ0) is 10.9. The predicted molar refractivity (Wildman–Crippen MR) is 53.3 cm³/mol. The third-order valence-corrected chi connectivity index (χ3v) is 2.27. The monoisotopic (exact) mass is 195 g/mol. The fourth-order valence-electron chi connectivity index (χ4n) is 1.19. The molecule has 1 aromatic carbocycles. The molecule has 0 radical (unpaired) electrons. The zero-order valence-corrected chi connectivity index (χ0v) is 8.42. The molecule has 0 aromatic heterocycles. The number of nitrogen functional groups attached to an aromatic ring is 1. The van der Waals surface area contributed by atoms with Crippen LogP contribution in [-0.2, 0) is 4.74 Å². The van der Waals surface area contributed by atoms with Crippen molar-refractivity contribution in [1.29, 1.82) is 0 Å². The molecule has 4 nitrogen and oxygen atoms in total. The average molecular weight is 195 g/mol. The number of carbonyl (C=O) groups is 1. The molecule has 0 heterocycles. The standard InChI is InChI=1S/C10H13NO3/c1-5-4-7(10(13)14-3)9(12)8(11)6(5)2/h4,12H,11H2,1-3H3. The second-order valence-electron chi connectivity index (χ2n) is 3.12. The highest BCUT2D eigenvalue weighted by atomic mass is 16.5. The van der Waals surface area contributed by atoms with Crippen LogP contribution >= 0.6 is 0 Å². The van der Waals surface area contributed by atoms with Gasteiger partial charge in [-0.15, -0.1) is 0 Å². The van der Waals surface area contributed by atoms with Crippen molar-refractivity contribution in [2.24, 2.45) is 0 Å². The van der Waals surface area contributed by atoms with E-state index in [1.54, 1.807) is 13.0 Å². The molecule has 0 saturated heterocycles. The van der Waals surface area contributed by atoms with Gasteiger partial charge in [-0.2, -0.15) is 0 Å². The van der Waals surface area contributed by atoms with Crippen molar-refractivity contribution < 1.29 is 14.6 Å². The number of aryl methyl sites for hydroxylation is 1. The van der Waals surface area contributed by atoms with E-state index in [1.807, 2.05) is 6.92 Å². The zero-order valence-electron chi connectivity index (χ0n) is 8.42. The third-order valence-electron chi connectivity index (χ3n) is 2.27. The number of aromatic hydroxyl groups is 1. The first kappa shape index (κ1) is 10.4. The van der Waals surface area contributed by atoms with Gasteiger partial charge in [-0.05, 0) is 31.0 Å². The van der Waals surface area contributed by atoms with E-state index in [0.29, 0.717) is 0 Å². The molecule has 0 aliphatic carbocycles. The van der Waals surface area contributed by atoms with E-state index in [1.165, 1.54) is 7.11 Å². The highest BCUT2D eigenvalue weighted by Crippen LogP contribution is 2.31. The second kappa shape index (κ2) is 3.57. The van der Waals surface area contributed by atoms with Gasteiger partial charge >= 0.3 is 5.97 Å². The van der Waals surface area contributed by atoms with Gasteiger partial charge in [-0.1, -0.05) is 0 Å². The molecule has 0 unspecified atom stereocenters. The van der Waals surface area contributed by atoms with Crippen LogP contribution in [0.3, 0.4) is 0 Å². The Morgan fingerprint density at radius 2 is 2.07 bits per heavy atom. The summed E-state index contributed by atoms with van der Waals surface area (Å²) in [6.45, 7) is 3.60. The molecule has 14 heavy (non-hydrogen) atoms. The van der Waals surface area contributed by atoms with Crippen LogP contribution in [0.4, 0.5) is 5.69 Å². The lowest BCUT2D eigenvalue weighted by atomic mass is 10.0. The van der Waals surface area contributed by atoms with Crippen LogP contribution < -0.4 is 5.73 Å². The number of carbonyl (C=O) groups excluding carboxylic acids is 1. The molecule has 0 saturated carbocycles. The SMILES string of the molecule is COC(=O)c1cc(C)c(C)c(N)c1O. The Labute approximate surface area is 82.3 Å². The van der Waals surface area contributed by atoms with Gasteiger partial charge in [0.15, 0.2) is 5.75 Å². The van der Waals surface area contributed by atoms with E-state index in [9.17, 15) is 9.90 Å². The van der Waals surface area contributed by atoms with Crippen molar-refractivity contribution in [3.8, 4) is 5.75 Å². The normalized spacial score (nSPS) is 9.93. The summed E-state index contributed by atoms with van der Waals surface area (Å²) in [5.41, 5.74) is 7.57. The molecule has 0 atom stereocenters. The summed E-state index contributed by atoms with van der Waals surface area (Å²) in [5, 5.41) is 9.58. The van der Waals surface area contributed by atoms with Crippen molar-refractivity contribution in [3.63, 3.8) is 0 Å². The van der Waals surface area contributed by atoms with Crippen LogP contribution in [0, 0.1) is 13.8 Å². The largest absolute Gasteiger partial charge is 0.505 e. The molecule has 76 valence electrons. The molecule has 0 aliphatic heterocycles. The molecule has 1 aromatic rings. The number of rotatable bonds is 1. The van der Waals surface area contributed by atoms with Gasteiger partial charge in [0, 0.05) is 0 Å². The number of phenols is 1. The molecular formula is C10H13NO3. The summed E-state index contributed by atoms with van der Waals surface area (Å²) in [6, 6.07) is 1.56. The topological polar surface area (TPSA) is 72.5 Å². The Morgan fingerprint density at radius 1 is 1.50 bits per heavy atom. The Bertz CT molecular complexity index is 385. The fraction of sp³-hybridized carbons (Fsp3) is 0.300. The Morgan fingerprint density at radius 3 is 2.57 bits per heavy atom. The average Bonchev–Trinajstić information content (AvgIpc) is 2.19. The number of phenolic OH excluding ortho intramolecular Hbond substituents is 1. The van der Waals surface area contributed by atoms with Gasteiger partial charge in [0.25, 0.3) is 0 Å². The number of methoxy groups -OCH3 is 1. The molecule has 4 heteroatoms. The van der Waals surface area contributed by atoms with E-state index < -0.39 is 5.97 Å². The summed E-state index contributed by atoms with van der Waals surface area (Å²) in [5.74, 6) is -0.794. The third kappa shape index (κ3) is 1.51. The summed E-state index contributed by atoms with van der Waals surface area (Å²) in [6.07, 6.45) is 0.